The zero-order valence-corrected chi connectivity index (χ0v) is 12.5. The minimum atomic E-state index is -0.0734. The summed E-state index contributed by atoms with van der Waals surface area (Å²) < 4.78 is 0. The first-order chi connectivity index (χ1) is 9.97. The van der Waals surface area contributed by atoms with E-state index in [1.165, 1.54) is 6.92 Å². The van der Waals surface area contributed by atoms with Crippen LogP contribution in [0, 0.1) is 13.8 Å². The number of aromatic nitrogens is 2. The molecular formula is C16H19N3O2. The van der Waals surface area contributed by atoms with E-state index >= 15 is 0 Å². The van der Waals surface area contributed by atoms with Crippen LogP contribution in [0.1, 0.15) is 40.7 Å². The number of hydrogen-bond acceptors (Lipinski definition) is 3. The van der Waals surface area contributed by atoms with Crippen LogP contribution in [0.2, 0.25) is 0 Å². The molecule has 1 amide bonds. The van der Waals surface area contributed by atoms with E-state index in [-0.39, 0.29) is 11.7 Å². The van der Waals surface area contributed by atoms with Gasteiger partial charge in [-0.1, -0.05) is 12.1 Å². The SMILES string of the molecule is CC(=O)c1cccc(NC(=O)CCc2c(C)n[nH]c2C)c1. The second-order valence-corrected chi connectivity index (χ2v) is 5.10. The lowest BCUT2D eigenvalue weighted by Crippen LogP contribution is -2.13. The van der Waals surface area contributed by atoms with Crippen LogP contribution in [0.3, 0.4) is 0 Å². The third-order valence-electron chi connectivity index (χ3n) is 3.44. The van der Waals surface area contributed by atoms with Crippen LogP contribution >= 0.6 is 0 Å². The molecule has 0 aliphatic heterocycles. The molecule has 0 saturated carbocycles. The lowest BCUT2D eigenvalue weighted by atomic mass is 10.1. The van der Waals surface area contributed by atoms with Crippen LogP contribution in [0.5, 0.6) is 0 Å². The van der Waals surface area contributed by atoms with Gasteiger partial charge < -0.3 is 5.32 Å². The van der Waals surface area contributed by atoms with Crippen molar-refractivity contribution in [3.05, 3.63) is 46.8 Å². The Morgan fingerprint density at radius 3 is 2.67 bits per heavy atom. The van der Waals surface area contributed by atoms with E-state index in [9.17, 15) is 9.59 Å². The molecule has 0 saturated heterocycles. The van der Waals surface area contributed by atoms with Gasteiger partial charge in [0, 0.05) is 23.4 Å². The Labute approximate surface area is 123 Å². The highest BCUT2D eigenvalue weighted by Crippen LogP contribution is 2.14. The first-order valence-electron chi connectivity index (χ1n) is 6.88. The largest absolute Gasteiger partial charge is 0.326 e. The van der Waals surface area contributed by atoms with Gasteiger partial charge in [0.25, 0.3) is 0 Å². The summed E-state index contributed by atoms with van der Waals surface area (Å²) in [6.45, 7) is 5.38. The zero-order valence-electron chi connectivity index (χ0n) is 12.5. The number of carbonyl (C=O) groups excluding carboxylic acids is 2. The van der Waals surface area contributed by atoms with Gasteiger partial charge >= 0.3 is 0 Å². The van der Waals surface area contributed by atoms with E-state index in [1.54, 1.807) is 24.3 Å². The van der Waals surface area contributed by atoms with Crippen molar-refractivity contribution in [3.63, 3.8) is 0 Å². The maximum atomic E-state index is 12.0. The number of aromatic amines is 1. The average molecular weight is 285 g/mol. The van der Waals surface area contributed by atoms with Crippen LogP contribution in [-0.4, -0.2) is 21.9 Å². The second-order valence-electron chi connectivity index (χ2n) is 5.10. The van der Waals surface area contributed by atoms with Gasteiger partial charge in [-0.15, -0.1) is 0 Å². The predicted molar refractivity (Wildman–Crippen MR) is 81.5 cm³/mol. The molecule has 0 unspecified atom stereocenters. The molecule has 110 valence electrons. The van der Waals surface area contributed by atoms with Gasteiger partial charge in [0.2, 0.25) is 5.91 Å². The molecule has 0 atom stereocenters. The number of anilines is 1. The van der Waals surface area contributed by atoms with E-state index in [4.69, 9.17) is 0 Å². The van der Waals surface area contributed by atoms with Crippen molar-refractivity contribution in [3.8, 4) is 0 Å². The van der Waals surface area contributed by atoms with Gasteiger partial charge in [0.05, 0.1) is 5.69 Å². The fourth-order valence-electron chi connectivity index (χ4n) is 2.22. The molecule has 0 aliphatic carbocycles. The number of H-pyrrole nitrogens is 1. The standard InChI is InChI=1S/C16H19N3O2/c1-10-15(11(2)19-18-10)7-8-16(21)17-14-6-4-5-13(9-14)12(3)20/h4-6,9H,7-8H2,1-3H3,(H,17,21)(H,18,19). The van der Waals surface area contributed by atoms with Crippen LogP contribution in [0.15, 0.2) is 24.3 Å². The normalized spacial score (nSPS) is 10.4. The molecule has 2 N–H and O–H groups in total. The Bertz CT molecular complexity index is 654. The number of amides is 1. The lowest BCUT2D eigenvalue weighted by molar-refractivity contribution is -0.116. The third-order valence-corrected chi connectivity index (χ3v) is 3.44. The summed E-state index contributed by atoms with van der Waals surface area (Å²) in [7, 11) is 0. The van der Waals surface area contributed by atoms with Crippen LogP contribution in [0.4, 0.5) is 5.69 Å². The molecule has 1 aromatic carbocycles. The van der Waals surface area contributed by atoms with Crippen molar-refractivity contribution in [2.75, 3.05) is 5.32 Å². The van der Waals surface area contributed by atoms with E-state index in [1.807, 2.05) is 13.8 Å². The van der Waals surface area contributed by atoms with Crippen molar-refractivity contribution in [2.45, 2.75) is 33.6 Å². The third kappa shape index (κ3) is 3.78. The van der Waals surface area contributed by atoms with Gasteiger partial charge in [-0.3, -0.25) is 14.7 Å². The van der Waals surface area contributed by atoms with Gasteiger partial charge in [0.15, 0.2) is 5.78 Å². The average Bonchev–Trinajstić information content (AvgIpc) is 2.76. The minimum absolute atomic E-state index is 0.0178. The summed E-state index contributed by atoms with van der Waals surface area (Å²) in [4.78, 5) is 23.3. The van der Waals surface area contributed by atoms with Crippen molar-refractivity contribution in [1.82, 2.24) is 10.2 Å². The van der Waals surface area contributed by atoms with E-state index in [0.717, 1.165) is 17.0 Å². The molecule has 1 aromatic heterocycles. The molecule has 0 bridgehead atoms. The Kier molecular flexibility index (Phi) is 4.52. The molecule has 0 aliphatic rings. The van der Waals surface area contributed by atoms with Crippen LogP contribution in [-0.2, 0) is 11.2 Å². The quantitative estimate of drug-likeness (QED) is 0.829. The summed E-state index contributed by atoms with van der Waals surface area (Å²) in [5.41, 5.74) is 4.25. The molecule has 0 radical (unpaired) electrons. The molecular weight excluding hydrogens is 266 g/mol. The molecule has 21 heavy (non-hydrogen) atoms. The van der Waals surface area contributed by atoms with E-state index in [0.29, 0.717) is 24.1 Å². The number of benzene rings is 1. The summed E-state index contributed by atoms with van der Waals surface area (Å²) in [6, 6.07) is 6.96. The number of carbonyl (C=O) groups is 2. The van der Waals surface area contributed by atoms with Crippen LogP contribution in [0.25, 0.3) is 0 Å². The number of hydrogen-bond donors (Lipinski definition) is 2. The Morgan fingerprint density at radius 1 is 1.29 bits per heavy atom. The summed E-state index contributed by atoms with van der Waals surface area (Å²) >= 11 is 0. The Hall–Kier alpha value is -2.43. The molecule has 0 fully saturated rings. The minimum Gasteiger partial charge on any atom is -0.326 e. The monoisotopic (exact) mass is 285 g/mol. The van der Waals surface area contributed by atoms with Crippen molar-refractivity contribution >= 4 is 17.4 Å². The number of Topliss-reactive ketones (excluding diaryl/α,β-unsaturated/α-hetero) is 1. The van der Waals surface area contributed by atoms with Gasteiger partial charge in [-0.05, 0) is 44.9 Å². The highest BCUT2D eigenvalue weighted by atomic mass is 16.1. The van der Waals surface area contributed by atoms with E-state index in [2.05, 4.69) is 15.5 Å². The summed E-state index contributed by atoms with van der Waals surface area (Å²) in [5.74, 6) is -0.0913. The molecule has 1 heterocycles. The van der Waals surface area contributed by atoms with Gasteiger partial charge in [-0.25, -0.2) is 0 Å². The van der Waals surface area contributed by atoms with Crippen molar-refractivity contribution in [1.29, 1.82) is 0 Å². The van der Waals surface area contributed by atoms with Gasteiger partial charge in [-0.2, -0.15) is 5.10 Å². The number of aryl methyl sites for hydroxylation is 2. The fraction of sp³-hybridized carbons (Fsp3) is 0.312. The first kappa shape index (κ1) is 15.0. The molecule has 0 spiro atoms. The number of nitrogens with zero attached hydrogens (tertiary/aromatic N) is 1. The van der Waals surface area contributed by atoms with Crippen LogP contribution < -0.4 is 5.32 Å². The highest BCUT2D eigenvalue weighted by Gasteiger charge is 2.10. The Morgan fingerprint density at radius 2 is 2.05 bits per heavy atom. The number of rotatable bonds is 5. The van der Waals surface area contributed by atoms with Crippen molar-refractivity contribution in [2.24, 2.45) is 0 Å². The highest BCUT2D eigenvalue weighted by molar-refractivity contribution is 5.97. The number of nitrogens with one attached hydrogen (secondary N) is 2. The first-order valence-corrected chi connectivity index (χ1v) is 6.88. The molecule has 2 aromatic rings. The topological polar surface area (TPSA) is 74.8 Å². The smallest absolute Gasteiger partial charge is 0.224 e. The Balaban J connectivity index is 1.96. The molecule has 5 heteroatoms. The maximum Gasteiger partial charge on any atom is 0.224 e. The summed E-state index contributed by atoms with van der Waals surface area (Å²) in [5, 5.41) is 9.84. The lowest BCUT2D eigenvalue weighted by Gasteiger charge is -2.06. The zero-order chi connectivity index (χ0) is 15.4. The molecule has 5 nitrogen and oxygen atoms in total. The number of ketones is 1. The van der Waals surface area contributed by atoms with E-state index < -0.39 is 0 Å². The fourth-order valence-corrected chi connectivity index (χ4v) is 2.22. The predicted octanol–water partition coefficient (Wildman–Crippen LogP) is 2.80. The molecule has 2 rings (SSSR count). The maximum absolute atomic E-state index is 12.0. The second kappa shape index (κ2) is 6.35. The van der Waals surface area contributed by atoms with Crippen molar-refractivity contribution < 1.29 is 9.59 Å². The van der Waals surface area contributed by atoms with Gasteiger partial charge in [0.1, 0.15) is 0 Å². The summed E-state index contributed by atoms with van der Waals surface area (Å²) in [6.07, 6.45) is 1.03.